The molecule has 1 aromatic carbocycles. The first-order valence-corrected chi connectivity index (χ1v) is 10.4. The number of carbonyl (C=O) groups is 2. The molecule has 1 unspecified atom stereocenters. The lowest BCUT2D eigenvalue weighted by atomic mass is 10.0. The van der Waals surface area contributed by atoms with E-state index in [9.17, 15) is 9.59 Å². The molecule has 2 aliphatic rings. The molecule has 0 radical (unpaired) electrons. The van der Waals surface area contributed by atoms with Crippen LogP contribution < -0.4 is 15.1 Å². The van der Waals surface area contributed by atoms with Crippen LogP contribution in [0.25, 0.3) is 0 Å². The first-order chi connectivity index (χ1) is 13.2. The van der Waals surface area contributed by atoms with Gasteiger partial charge in [0.2, 0.25) is 0 Å². The third-order valence-electron chi connectivity index (χ3n) is 5.16. The number of carbonyl (C=O) groups excluding carboxylic acids is 2. The number of aromatic nitrogens is 1. The van der Waals surface area contributed by atoms with Crippen molar-refractivity contribution in [2.75, 3.05) is 31.1 Å². The van der Waals surface area contributed by atoms with Crippen molar-refractivity contribution in [2.24, 2.45) is 0 Å². The molecule has 1 aliphatic carbocycles. The van der Waals surface area contributed by atoms with Gasteiger partial charge in [-0.3, -0.25) is 14.5 Å². The minimum atomic E-state index is 0.0170. The summed E-state index contributed by atoms with van der Waals surface area (Å²) in [6.07, 6.45) is 4.46. The van der Waals surface area contributed by atoms with Crippen LogP contribution in [0.4, 0.5) is 5.13 Å². The van der Waals surface area contributed by atoms with Crippen LogP contribution in [0.2, 0.25) is 0 Å². The van der Waals surface area contributed by atoms with Crippen molar-refractivity contribution < 1.29 is 14.5 Å². The average molecular weight is 386 g/mol. The zero-order chi connectivity index (χ0) is 18.6. The van der Waals surface area contributed by atoms with Gasteiger partial charge in [-0.2, -0.15) is 0 Å². The minimum Gasteiger partial charge on any atom is -0.346 e. The molecule has 1 aliphatic heterocycles. The van der Waals surface area contributed by atoms with Gasteiger partial charge >= 0.3 is 0 Å². The Labute approximate surface area is 163 Å². The van der Waals surface area contributed by atoms with E-state index in [1.165, 1.54) is 17.7 Å². The molecule has 2 aromatic rings. The second kappa shape index (κ2) is 8.19. The molecule has 7 heteroatoms. The zero-order valence-electron chi connectivity index (χ0n) is 15.4. The van der Waals surface area contributed by atoms with E-state index in [4.69, 9.17) is 4.98 Å². The number of amides is 2. The Hall–Kier alpha value is -2.25. The van der Waals surface area contributed by atoms with E-state index in [0.717, 1.165) is 40.7 Å². The first kappa shape index (κ1) is 18.1. The van der Waals surface area contributed by atoms with Crippen LogP contribution in [0.5, 0.6) is 0 Å². The number of quaternary nitrogens is 1. The average Bonchev–Trinajstić information content (AvgIpc) is 3.10. The van der Waals surface area contributed by atoms with Gasteiger partial charge in [-0.05, 0) is 31.2 Å². The third kappa shape index (κ3) is 4.36. The van der Waals surface area contributed by atoms with Gasteiger partial charge < -0.3 is 10.2 Å². The Morgan fingerprint density at radius 1 is 1.22 bits per heavy atom. The largest absolute Gasteiger partial charge is 0.346 e. The molecule has 1 fully saturated rings. The first-order valence-electron chi connectivity index (χ1n) is 9.62. The molecule has 0 saturated carbocycles. The van der Waals surface area contributed by atoms with Crippen LogP contribution >= 0.6 is 11.3 Å². The second-order valence-electron chi connectivity index (χ2n) is 7.24. The molecular formula is C20H25N4O2S+. The van der Waals surface area contributed by atoms with Crippen molar-refractivity contribution in [3.05, 3.63) is 46.5 Å². The predicted octanol–water partition coefficient (Wildman–Crippen LogP) is 0.570. The smallest absolute Gasteiger partial charge is 0.284 e. The molecule has 6 nitrogen and oxygen atoms in total. The highest BCUT2D eigenvalue weighted by molar-refractivity contribution is 7.15. The molecule has 142 valence electrons. The molecule has 1 aromatic heterocycles. The van der Waals surface area contributed by atoms with Crippen molar-refractivity contribution >= 4 is 28.3 Å². The van der Waals surface area contributed by atoms with Crippen molar-refractivity contribution in [2.45, 2.75) is 32.2 Å². The van der Waals surface area contributed by atoms with Gasteiger partial charge in [0.25, 0.3) is 11.8 Å². The summed E-state index contributed by atoms with van der Waals surface area (Å²) >= 11 is 1.66. The summed E-state index contributed by atoms with van der Waals surface area (Å²) in [7, 11) is 0. The molecule has 2 amide bonds. The number of hydrogen-bond donors (Lipinski definition) is 2. The summed E-state index contributed by atoms with van der Waals surface area (Å²) in [6.45, 7) is 2.62. The SMILES string of the molecule is O=C1C[NH+](CC(=O)N(Cc2ccccc2)c2nc3c(s2)CCCC3)CCN1. The number of benzene rings is 1. The Balaban J connectivity index is 1.56. The van der Waals surface area contributed by atoms with Gasteiger partial charge in [0.15, 0.2) is 18.2 Å². The van der Waals surface area contributed by atoms with Crippen LogP contribution in [0.1, 0.15) is 29.0 Å². The maximum absolute atomic E-state index is 13.2. The Kier molecular flexibility index (Phi) is 5.50. The normalized spacial score (nSPS) is 19.3. The van der Waals surface area contributed by atoms with Crippen LogP contribution in [0.15, 0.2) is 30.3 Å². The van der Waals surface area contributed by atoms with Gasteiger partial charge in [-0.1, -0.05) is 30.3 Å². The highest BCUT2D eigenvalue weighted by Crippen LogP contribution is 2.32. The lowest BCUT2D eigenvalue weighted by molar-refractivity contribution is -0.885. The maximum atomic E-state index is 13.2. The summed E-state index contributed by atoms with van der Waals surface area (Å²) in [4.78, 5) is 33.8. The number of nitrogens with one attached hydrogen (secondary N) is 2. The van der Waals surface area contributed by atoms with E-state index in [1.807, 2.05) is 35.2 Å². The van der Waals surface area contributed by atoms with Gasteiger partial charge in [-0.15, -0.1) is 11.3 Å². The quantitative estimate of drug-likeness (QED) is 0.791. The number of thiazole rings is 1. The molecular weight excluding hydrogens is 360 g/mol. The fourth-order valence-electron chi connectivity index (χ4n) is 3.70. The number of rotatable bonds is 5. The maximum Gasteiger partial charge on any atom is 0.284 e. The number of nitrogens with zero attached hydrogens (tertiary/aromatic N) is 2. The Morgan fingerprint density at radius 2 is 2.04 bits per heavy atom. The van der Waals surface area contributed by atoms with E-state index in [0.29, 0.717) is 26.2 Å². The molecule has 1 saturated heterocycles. The third-order valence-corrected chi connectivity index (χ3v) is 6.34. The standard InChI is InChI=1S/C20H24N4O2S/c25-18-13-23(11-10-21-18)14-19(26)24(12-15-6-2-1-3-7-15)20-22-16-8-4-5-9-17(16)27-20/h1-3,6-7H,4-5,8-14H2,(H,21,25)/p+1. The second-order valence-corrected chi connectivity index (χ2v) is 8.30. The number of anilines is 1. The Bertz CT molecular complexity index is 797. The predicted molar refractivity (Wildman–Crippen MR) is 105 cm³/mol. The fraction of sp³-hybridized carbons (Fsp3) is 0.450. The Morgan fingerprint density at radius 3 is 2.81 bits per heavy atom. The van der Waals surface area contributed by atoms with E-state index in [2.05, 4.69) is 5.32 Å². The van der Waals surface area contributed by atoms with Gasteiger partial charge in [0, 0.05) is 4.88 Å². The van der Waals surface area contributed by atoms with Gasteiger partial charge in [0.1, 0.15) is 0 Å². The number of piperazine rings is 1. The van der Waals surface area contributed by atoms with E-state index in [-0.39, 0.29) is 11.8 Å². The zero-order valence-corrected chi connectivity index (χ0v) is 16.2. The molecule has 1 atom stereocenters. The lowest BCUT2D eigenvalue weighted by Gasteiger charge is -2.26. The van der Waals surface area contributed by atoms with Crippen LogP contribution in [-0.2, 0) is 29.0 Å². The molecule has 2 N–H and O–H groups in total. The van der Waals surface area contributed by atoms with Crippen molar-refractivity contribution in [1.29, 1.82) is 0 Å². The summed E-state index contributed by atoms with van der Waals surface area (Å²) in [5.41, 5.74) is 2.25. The van der Waals surface area contributed by atoms with E-state index < -0.39 is 0 Å². The van der Waals surface area contributed by atoms with Gasteiger partial charge in [0.05, 0.1) is 25.3 Å². The van der Waals surface area contributed by atoms with Crippen LogP contribution in [0, 0.1) is 0 Å². The number of aryl methyl sites for hydroxylation is 2. The van der Waals surface area contributed by atoms with E-state index >= 15 is 0 Å². The molecule has 0 spiro atoms. The van der Waals surface area contributed by atoms with Crippen molar-refractivity contribution in [1.82, 2.24) is 10.3 Å². The molecule has 4 rings (SSSR count). The van der Waals surface area contributed by atoms with Crippen LogP contribution in [0.3, 0.4) is 0 Å². The summed E-state index contributed by atoms with van der Waals surface area (Å²) < 4.78 is 0. The molecule has 0 bridgehead atoms. The number of fused-ring (bicyclic) bond motifs is 1. The highest BCUT2D eigenvalue weighted by Gasteiger charge is 2.28. The summed E-state index contributed by atoms with van der Waals surface area (Å²) in [6, 6.07) is 10.0. The van der Waals surface area contributed by atoms with E-state index in [1.54, 1.807) is 11.3 Å². The highest BCUT2D eigenvalue weighted by atomic mass is 32.1. The molecule has 2 heterocycles. The monoisotopic (exact) mass is 385 g/mol. The molecule has 27 heavy (non-hydrogen) atoms. The minimum absolute atomic E-state index is 0.0170. The number of hydrogen-bond acceptors (Lipinski definition) is 4. The summed E-state index contributed by atoms with van der Waals surface area (Å²) in [5, 5.41) is 3.63. The topological polar surface area (TPSA) is 66.7 Å². The van der Waals surface area contributed by atoms with Crippen molar-refractivity contribution in [3.8, 4) is 0 Å². The summed E-state index contributed by atoms with van der Waals surface area (Å²) in [5.74, 6) is 0.0537. The van der Waals surface area contributed by atoms with Gasteiger partial charge in [-0.25, -0.2) is 4.98 Å². The fourth-order valence-corrected chi connectivity index (χ4v) is 4.86. The lowest BCUT2D eigenvalue weighted by Crippen LogP contribution is -3.16. The van der Waals surface area contributed by atoms with Crippen molar-refractivity contribution in [3.63, 3.8) is 0 Å². The van der Waals surface area contributed by atoms with Crippen LogP contribution in [-0.4, -0.2) is 43.0 Å².